The molecule has 0 radical (unpaired) electrons. The molecule has 154 valence electrons. The summed E-state index contributed by atoms with van der Waals surface area (Å²) in [7, 11) is 0. The van der Waals surface area contributed by atoms with E-state index in [1.54, 1.807) is 20.8 Å². The minimum Gasteiger partial charge on any atom is -0.488 e. The van der Waals surface area contributed by atoms with Crippen molar-refractivity contribution in [2.75, 3.05) is 6.54 Å². The van der Waals surface area contributed by atoms with E-state index in [-0.39, 0.29) is 19.3 Å². The molecule has 2 atom stereocenters. The lowest BCUT2D eigenvalue weighted by Gasteiger charge is -2.27. The van der Waals surface area contributed by atoms with Crippen molar-refractivity contribution < 1.29 is 23.8 Å². The summed E-state index contributed by atoms with van der Waals surface area (Å²) in [5, 5.41) is 0. The molecule has 3 rings (SSSR count). The Balaban J connectivity index is 1.69. The van der Waals surface area contributed by atoms with Crippen molar-refractivity contribution >= 4 is 12.1 Å². The number of esters is 1. The number of hydrogen-bond donors (Lipinski definition) is 0. The maximum atomic E-state index is 12.8. The van der Waals surface area contributed by atoms with E-state index in [2.05, 4.69) is 0 Å². The molecule has 1 heterocycles. The summed E-state index contributed by atoms with van der Waals surface area (Å²) < 4.78 is 16.9. The Morgan fingerprint density at radius 2 is 1.62 bits per heavy atom. The SMILES string of the molecule is CC(C)(C)OC(=O)N1C[C@H](Oc2ccccc2)CC1C(=O)OCc1ccccc1. The first kappa shape index (κ1) is 20.7. The van der Waals surface area contributed by atoms with Crippen LogP contribution in [0.3, 0.4) is 0 Å². The summed E-state index contributed by atoms with van der Waals surface area (Å²) in [5.74, 6) is 0.235. The average molecular weight is 397 g/mol. The fraction of sp³-hybridized carbons (Fsp3) is 0.391. The Kier molecular flexibility index (Phi) is 6.42. The molecule has 1 saturated heterocycles. The molecule has 0 saturated carbocycles. The van der Waals surface area contributed by atoms with Crippen LogP contribution in [0.1, 0.15) is 32.8 Å². The van der Waals surface area contributed by atoms with Crippen molar-refractivity contribution in [2.24, 2.45) is 0 Å². The molecule has 1 aliphatic rings. The van der Waals surface area contributed by atoms with Crippen LogP contribution in [0.5, 0.6) is 5.75 Å². The van der Waals surface area contributed by atoms with Crippen molar-refractivity contribution in [1.29, 1.82) is 0 Å². The van der Waals surface area contributed by atoms with E-state index in [4.69, 9.17) is 14.2 Å². The van der Waals surface area contributed by atoms with Gasteiger partial charge in [0.2, 0.25) is 0 Å². The predicted octanol–water partition coefficient (Wildman–Crippen LogP) is 4.19. The lowest BCUT2D eigenvalue weighted by atomic mass is 10.2. The zero-order valence-corrected chi connectivity index (χ0v) is 17.0. The third-order valence-corrected chi connectivity index (χ3v) is 4.43. The maximum absolute atomic E-state index is 12.8. The van der Waals surface area contributed by atoms with Crippen LogP contribution in [0.25, 0.3) is 0 Å². The first-order chi connectivity index (χ1) is 13.8. The molecule has 1 aliphatic heterocycles. The number of hydrogen-bond acceptors (Lipinski definition) is 5. The summed E-state index contributed by atoms with van der Waals surface area (Å²) >= 11 is 0. The van der Waals surface area contributed by atoms with Crippen LogP contribution < -0.4 is 4.74 Å². The molecular weight excluding hydrogens is 370 g/mol. The highest BCUT2D eigenvalue weighted by atomic mass is 16.6. The summed E-state index contributed by atoms with van der Waals surface area (Å²) in [4.78, 5) is 26.9. The van der Waals surface area contributed by atoms with Crippen LogP contribution >= 0.6 is 0 Å². The molecule has 2 aromatic carbocycles. The molecule has 0 aromatic heterocycles. The van der Waals surface area contributed by atoms with E-state index in [0.717, 1.165) is 5.56 Å². The molecule has 1 unspecified atom stereocenters. The van der Waals surface area contributed by atoms with Crippen LogP contribution in [0.4, 0.5) is 4.79 Å². The molecule has 29 heavy (non-hydrogen) atoms. The second-order valence-corrected chi connectivity index (χ2v) is 8.03. The van der Waals surface area contributed by atoms with Gasteiger partial charge in [0.05, 0.1) is 6.54 Å². The van der Waals surface area contributed by atoms with Gasteiger partial charge in [-0.05, 0) is 38.5 Å². The Hall–Kier alpha value is -3.02. The van der Waals surface area contributed by atoms with Gasteiger partial charge in [0, 0.05) is 6.42 Å². The van der Waals surface area contributed by atoms with Crippen molar-refractivity contribution in [2.45, 2.75) is 51.5 Å². The van der Waals surface area contributed by atoms with E-state index in [1.165, 1.54) is 4.90 Å². The first-order valence-electron chi connectivity index (χ1n) is 9.74. The van der Waals surface area contributed by atoms with Crippen LogP contribution in [0.15, 0.2) is 60.7 Å². The lowest BCUT2D eigenvalue weighted by molar-refractivity contribution is -0.150. The molecule has 0 spiro atoms. The largest absolute Gasteiger partial charge is 0.488 e. The molecule has 6 nitrogen and oxygen atoms in total. The Labute approximate surface area is 171 Å². The highest BCUT2D eigenvalue weighted by Crippen LogP contribution is 2.26. The number of nitrogens with zero attached hydrogens (tertiary/aromatic N) is 1. The third kappa shape index (κ3) is 5.98. The number of benzene rings is 2. The third-order valence-electron chi connectivity index (χ3n) is 4.43. The zero-order valence-electron chi connectivity index (χ0n) is 17.0. The van der Waals surface area contributed by atoms with Gasteiger partial charge < -0.3 is 14.2 Å². The van der Waals surface area contributed by atoms with Crippen LogP contribution in [-0.2, 0) is 20.9 Å². The van der Waals surface area contributed by atoms with Gasteiger partial charge in [-0.25, -0.2) is 9.59 Å². The Morgan fingerprint density at radius 1 is 1.00 bits per heavy atom. The lowest BCUT2D eigenvalue weighted by Crippen LogP contribution is -2.44. The van der Waals surface area contributed by atoms with Crippen LogP contribution in [0.2, 0.25) is 0 Å². The highest BCUT2D eigenvalue weighted by Gasteiger charge is 2.43. The quantitative estimate of drug-likeness (QED) is 0.708. The molecule has 0 bridgehead atoms. The van der Waals surface area contributed by atoms with E-state index in [9.17, 15) is 9.59 Å². The van der Waals surface area contributed by atoms with Crippen molar-refractivity contribution in [3.05, 3.63) is 66.2 Å². The van der Waals surface area contributed by atoms with Gasteiger partial charge in [-0.15, -0.1) is 0 Å². The van der Waals surface area contributed by atoms with E-state index >= 15 is 0 Å². The number of rotatable bonds is 5. The topological polar surface area (TPSA) is 65.1 Å². The predicted molar refractivity (Wildman–Crippen MR) is 108 cm³/mol. The second-order valence-electron chi connectivity index (χ2n) is 8.03. The average Bonchev–Trinajstić information content (AvgIpc) is 3.10. The van der Waals surface area contributed by atoms with Gasteiger partial charge in [-0.2, -0.15) is 0 Å². The molecule has 2 aromatic rings. The standard InChI is InChI=1S/C23H27NO5/c1-23(2,3)29-22(26)24-15-19(28-18-12-8-5-9-13-18)14-20(24)21(25)27-16-17-10-6-4-7-11-17/h4-13,19-20H,14-16H2,1-3H3/t19-,20?/m1/s1. The number of ether oxygens (including phenoxy) is 3. The summed E-state index contributed by atoms with van der Waals surface area (Å²) in [6, 6.07) is 18.0. The Morgan fingerprint density at radius 3 is 2.24 bits per heavy atom. The van der Waals surface area contributed by atoms with E-state index in [0.29, 0.717) is 12.2 Å². The molecule has 0 N–H and O–H groups in total. The van der Waals surface area contributed by atoms with Gasteiger partial charge in [-0.3, -0.25) is 4.90 Å². The Bertz CT molecular complexity index is 816. The number of likely N-dealkylation sites (tertiary alicyclic amines) is 1. The van der Waals surface area contributed by atoms with Crippen molar-refractivity contribution in [3.63, 3.8) is 0 Å². The minimum absolute atomic E-state index is 0.155. The number of para-hydroxylation sites is 1. The van der Waals surface area contributed by atoms with Crippen molar-refractivity contribution in [3.8, 4) is 5.75 Å². The number of carbonyl (C=O) groups is 2. The normalized spacial score (nSPS) is 18.9. The summed E-state index contributed by atoms with van der Waals surface area (Å²) in [5.41, 5.74) is 0.230. The van der Waals surface area contributed by atoms with Crippen LogP contribution in [0, 0.1) is 0 Å². The van der Waals surface area contributed by atoms with Gasteiger partial charge >= 0.3 is 12.1 Å². The summed E-state index contributed by atoms with van der Waals surface area (Å²) in [6.07, 6.45) is -0.514. The van der Waals surface area contributed by atoms with Gasteiger partial charge in [-0.1, -0.05) is 48.5 Å². The molecular formula is C23H27NO5. The summed E-state index contributed by atoms with van der Waals surface area (Å²) in [6.45, 7) is 5.79. The monoisotopic (exact) mass is 397 g/mol. The fourth-order valence-electron chi connectivity index (χ4n) is 3.15. The first-order valence-corrected chi connectivity index (χ1v) is 9.74. The minimum atomic E-state index is -0.748. The molecule has 0 aliphatic carbocycles. The number of amides is 1. The van der Waals surface area contributed by atoms with E-state index in [1.807, 2.05) is 60.7 Å². The molecule has 1 amide bonds. The van der Waals surface area contributed by atoms with Crippen LogP contribution in [-0.4, -0.2) is 41.3 Å². The second kappa shape index (κ2) is 8.99. The maximum Gasteiger partial charge on any atom is 0.411 e. The molecule has 1 fully saturated rings. The van der Waals surface area contributed by atoms with Crippen molar-refractivity contribution in [1.82, 2.24) is 4.90 Å². The van der Waals surface area contributed by atoms with Gasteiger partial charge in [0.15, 0.2) is 0 Å². The molecule has 6 heteroatoms. The smallest absolute Gasteiger partial charge is 0.411 e. The number of carbonyl (C=O) groups excluding carboxylic acids is 2. The van der Waals surface area contributed by atoms with E-state index < -0.39 is 23.7 Å². The van der Waals surface area contributed by atoms with Gasteiger partial charge in [0.1, 0.15) is 30.1 Å². The zero-order chi connectivity index (χ0) is 20.9. The fourth-order valence-corrected chi connectivity index (χ4v) is 3.15. The highest BCUT2D eigenvalue weighted by molar-refractivity contribution is 5.82. The van der Waals surface area contributed by atoms with Gasteiger partial charge in [0.25, 0.3) is 0 Å².